The van der Waals surface area contributed by atoms with Gasteiger partial charge in [0, 0.05) is 38.6 Å². The number of hydrogen-bond acceptors (Lipinski definition) is 2. The van der Waals surface area contributed by atoms with Crippen molar-refractivity contribution in [1.82, 2.24) is 14.8 Å². The van der Waals surface area contributed by atoms with Crippen LogP contribution in [0.3, 0.4) is 0 Å². The van der Waals surface area contributed by atoms with Crippen LogP contribution in [0.4, 0.5) is 0 Å². The van der Waals surface area contributed by atoms with Crippen molar-refractivity contribution in [1.29, 1.82) is 0 Å². The van der Waals surface area contributed by atoms with Crippen LogP contribution in [0, 0.1) is 6.92 Å². The third-order valence-electron chi connectivity index (χ3n) is 4.44. The molecule has 1 aliphatic heterocycles. The highest BCUT2D eigenvalue weighted by Gasteiger charge is 2.24. The average Bonchev–Trinajstić information content (AvgIpc) is 3.08. The number of rotatable bonds is 4. The molecule has 2 amide bonds. The minimum atomic E-state index is 0.125. The number of aryl methyl sites for hydroxylation is 1. The zero-order valence-corrected chi connectivity index (χ0v) is 14.0. The summed E-state index contributed by atoms with van der Waals surface area (Å²) < 4.78 is 0. The fourth-order valence-corrected chi connectivity index (χ4v) is 3.07. The lowest BCUT2D eigenvalue weighted by Crippen LogP contribution is -2.51. The lowest BCUT2D eigenvalue weighted by molar-refractivity contribution is -0.138. The van der Waals surface area contributed by atoms with Crippen LogP contribution in [0.2, 0.25) is 0 Å². The lowest BCUT2D eigenvalue weighted by atomic mass is 10.1. The fourth-order valence-electron chi connectivity index (χ4n) is 3.07. The molecule has 1 fully saturated rings. The second-order valence-corrected chi connectivity index (χ2v) is 6.32. The standard InChI is InChI=1S/C19H23N3O2/c1-15-3-2-4-16(11-15)12-18(23)21-7-9-22(10-8-21)19(24)13-17-5-6-20-14-17/h2-6,11,14,20H,7-10,12-13H2,1H3. The van der Waals surface area contributed by atoms with E-state index < -0.39 is 0 Å². The van der Waals surface area contributed by atoms with Crippen LogP contribution in [0.5, 0.6) is 0 Å². The Morgan fingerprint density at radius 2 is 1.58 bits per heavy atom. The van der Waals surface area contributed by atoms with E-state index in [4.69, 9.17) is 0 Å². The highest BCUT2D eigenvalue weighted by atomic mass is 16.2. The highest BCUT2D eigenvalue weighted by Crippen LogP contribution is 2.10. The maximum atomic E-state index is 12.4. The molecule has 126 valence electrons. The van der Waals surface area contributed by atoms with Crippen LogP contribution in [0.25, 0.3) is 0 Å². The molecule has 1 N–H and O–H groups in total. The van der Waals surface area contributed by atoms with Gasteiger partial charge in [-0.3, -0.25) is 9.59 Å². The molecule has 0 spiro atoms. The topological polar surface area (TPSA) is 56.4 Å². The van der Waals surface area contributed by atoms with Crippen molar-refractivity contribution in [2.24, 2.45) is 0 Å². The third kappa shape index (κ3) is 4.04. The SMILES string of the molecule is Cc1cccc(CC(=O)N2CCN(C(=O)Cc3cc[nH]c3)CC2)c1. The zero-order chi connectivity index (χ0) is 16.9. The van der Waals surface area contributed by atoms with Gasteiger partial charge in [-0.1, -0.05) is 29.8 Å². The predicted octanol–water partition coefficient (Wildman–Crippen LogP) is 1.78. The summed E-state index contributed by atoms with van der Waals surface area (Å²) in [7, 11) is 0. The second-order valence-electron chi connectivity index (χ2n) is 6.32. The summed E-state index contributed by atoms with van der Waals surface area (Å²) in [5.74, 6) is 0.263. The minimum absolute atomic E-state index is 0.125. The Morgan fingerprint density at radius 1 is 0.958 bits per heavy atom. The smallest absolute Gasteiger partial charge is 0.227 e. The number of hydrogen-bond donors (Lipinski definition) is 1. The Labute approximate surface area is 142 Å². The van der Waals surface area contributed by atoms with Crippen LogP contribution in [0.15, 0.2) is 42.7 Å². The molecule has 0 radical (unpaired) electrons. The molecule has 1 aromatic carbocycles. The number of piperazine rings is 1. The van der Waals surface area contributed by atoms with Crippen LogP contribution < -0.4 is 0 Å². The lowest BCUT2D eigenvalue weighted by Gasteiger charge is -2.35. The molecule has 0 bridgehead atoms. The molecule has 2 aromatic rings. The minimum Gasteiger partial charge on any atom is -0.367 e. The number of nitrogens with zero attached hydrogens (tertiary/aromatic N) is 2. The summed E-state index contributed by atoms with van der Waals surface area (Å²) in [6.07, 6.45) is 4.52. The number of aromatic amines is 1. The van der Waals surface area contributed by atoms with E-state index in [-0.39, 0.29) is 11.8 Å². The number of nitrogens with one attached hydrogen (secondary N) is 1. The van der Waals surface area contributed by atoms with Crippen LogP contribution in [-0.4, -0.2) is 52.8 Å². The van der Waals surface area contributed by atoms with Crippen molar-refractivity contribution < 1.29 is 9.59 Å². The van der Waals surface area contributed by atoms with Gasteiger partial charge >= 0.3 is 0 Å². The largest absolute Gasteiger partial charge is 0.367 e. The summed E-state index contributed by atoms with van der Waals surface area (Å²) in [5, 5.41) is 0. The van der Waals surface area contributed by atoms with E-state index in [2.05, 4.69) is 11.1 Å². The summed E-state index contributed by atoms with van der Waals surface area (Å²) in [5.41, 5.74) is 3.21. The molecule has 24 heavy (non-hydrogen) atoms. The third-order valence-corrected chi connectivity index (χ3v) is 4.44. The zero-order valence-electron chi connectivity index (χ0n) is 14.0. The van der Waals surface area contributed by atoms with Crippen LogP contribution >= 0.6 is 0 Å². The molecular formula is C19H23N3O2. The Hall–Kier alpha value is -2.56. The van der Waals surface area contributed by atoms with Crippen molar-refractivity contribution in [3.05, 3.63) is 59.4 Å². The molecule has 0 atom stereocenters. The van der Waals surface area contributed by atoms with Gasteiger partial charge in [0.15, 0.2) is 0 Å². The van der Waals surface area contributed by atoms with Gasteiger partial charge in [0.05, 0.1) is 12.8 Å². The van der Waals surface area contributed by atoms with Crippen molar-refractivity contribution in [3.8, 4) is 0 Å². The predicted molar refractivity (Wildman–Crippen MR) is 92.5 cm³/mol. The first-order valence-corrected chi connectivity index (χ1v) is 8.34. The number of aromatic nitrogens is 1. The van der Waals surface area contributed by atoms with E-state index in [1.54, 1.807) is 0 Å². The van der Waals surface area contributed by atoms with Crippen LogP contribution in [-0.2, 0) is 22.4 Å². The molecule has 0 unspecified atom stereocenters. The molecule has 2 heterocycles. The van der Waals surface area contributed by atoms with Crippen molar-refractivity contribution >= 4 is 11.8 Å². The second kappa shape index (κ2) is 7.34. The number of carbonyl (C=O) groups excluding carboxylic acids is 2. The van der Waals surface area contributed by atoms with Gasteiger partial charge in [0.1, 0.15) is 0 Å². The van der Waals surface area contributed by atoms with Crippen LogP contribution in [0.1, 0.15) is 16.7 Å². The van der Waals surface area contributed by atoms with Crippen molar-refractivity contribution in [3.63, 3.8) is 0 Å². The van der Waals surface area contributed by atoms with E-state index in [9.17, 15) is 9.59 Å². The molecule has 1 aliphatic rings. The Morgan fingerprint density at radius 3 is 2.12 bits per heavy atom. The number of amides is 2. The molecule has 0 saturated carbocycles. The quantitative estimate of drug-likeness (QED) is 0.931. The van der Waals surface area contributed by atoms with Crippen molar-refractivity contribution in [2.45, 2.75) is 19.8 Å². The van der Waals surface area contributed by atoms with Gasteiger partial charge < -0.3 is 14.8 Å². The van der Waals surface area contributed by atoms with E-state index in [0.717, 1.165) is 11.1 Å². The Bertz CT molecular complexity index is 701. The van der Waals surface area contributed by atoms with E-state index in [1.807, 2.05) is 53.4 Å². The highest BCUT2D eigenvalue weighted by molar-refractivity contribution is 5.81. The van der Waals surface area contributed by atoms with Gasteiger partial charge in [-0.2, -0.15) is 0 Å². The van der Waals surface area contributed by atoms with Crippen molar-refractivity contribution in [2.75, 3.05) is 26.2 Å². The molecule has 1 saturated heterocycles. The maximum Gasteiger partial charge on any atom is 0.227 e. The molecule has 1 aromatic heterocycles. The molecule has 5 heteroatoms. The monoisotopic (exact) mass is 325 g/mol. The normalized spacial score (nSPS) is 14.7. The maximum absolute atomic E-state index is 12.4. The van der Waals surface area contributed by atoms with Gasteiger partial charge in [-0.05, 0) is 24.1 Å². The first-order valence-electron chi connectivity index (χ1n) is 8.34. The summed E-state index contributed by atoms with van der Waals surface area (Å²) >= 11 is 0. The Kier molecular flexibility index (Phi) is 4.99. The average molecular weight is 325 g/mol. The van der Waals surface area contributed by atoms with Gasteiger partial charge in [-0.15, -0.1) is 0 Å². The van der Waals surface area contributed by atoms with E-state index in [1.165, 1.54) is 5.56 Å². The number of benzene rings is 1. The van der Waals surface area contributed by atoms with Gasteiger partial charge in [0.2, 0.25) is 11.8 Å². The molecule has 3 rings (SSSR count). The summed E-state index contributed by atoms with van der Waals surface area (Å²) in [6, 6.07) is 9.97. The Balaban J connectivity index is 1.49. The summed E-state index contributed by atoms with van der Waals surface area (Å²) in [6.45, 7) is 4.49. The number of carbonyl (C=O) groups is 2. The molecular weight excluding hydrogens is 302 g/mol. The summed E-state index contributed by atoms with van der Waals surface area (Å²) in [4.78, 5) is 31.4. The fraction of sp³-hybridized carbons (Fsp3) is 0.368. The first kappa shape index (κ1) is 16.3. The number of H-pyrrole nitrogens is 1. The molecule has 0 aliphatic carbocycles. The molecule has 5 nitrogen and oxygen atoms in total. The van der Waals surface area contributed by atoms with E-state index in [0.29, 0.717) is 39.0 Å². The van der Waals surface area contributed by atoms with Gasteiger partial charge in [-0.25, -0.2) is 0 Å². The van der Waals surface area contributed by atoms with Gasteiger partial charge in [0.25, 0.3) is 0 Å². The van der Waals surface area contributed by atoms with E-state index >= 15 is 0 Å². The first-order chi connectivity index (χ1) is 11.6.